The van der Waals surface area contributed by atoms with Gasteiger partial charge in [0.05, 0.1) is 0 Å². The largest absolute Gasteiger partial charge is 0.352 e. The second-order valence-electron chi connectivity index (χ2n) is 6.92. The summed E-state index contributed by atoms with van der Waals surface area (Å²) in [5.41, 5.74) is 5.95. The van der Waals surface area contributed by atoms with E-state index in [1.807, 2.05) is 6.92 Å². The maximum Gasteiger partial charge on any atom is 0.135 e. The minimum absolute atomic E-state index is 0.220. The molecule has 1 aliphatic heterocycles. The van der Waals surface area contributed by atoms with E-state index < -0.39 is 0 Å². The molecular weight excluding hydrogens is 325 g/mol. The standard InChI is InChI=1S/C22H22FN3/c1-15-16(2)24-21(13-17-7-9-20(23)10-8-17)25-22(15)26-12-11-18-5-3-4-6-19(18)14-26/h3-10H,11-14H2,1-2H3. The van der Waals surface area contributed by atoms with Crippen LogP contribution in [0, 0.1) is 19.7 Å². The molecule has 0 amide bonds. The number of nitrogens with zero attached hydrogens (tertiary/aromatic N) is 3. The van der Waals surface area contributed by atoms with Gasteiger partial charge in [-0.05, 0) is 49.1 Å². The van der Waals surface area contributed by atoms with Gasteiger partial charge >= 0.3 is 0 Å². The number of rotatable bonds is 3. The molecular formula is C22H22FN3. The lowest BCUT2D eigenvalue weighted by atomic mass is 9.99. The van der Waals surface area contributed by atoms with Gasteiger partial charge in [0.2, 0.25) is 0 Å². The topological polar surface area (TPSA) is 29.0 Å². The molecule has 26 heavy (non-hydrogen) atoms. The maximum absolute atomic E-state index is 13.1. The van der Waals surface area contributed by atoms with Crippen molar-refractivity contribution in [1.82, 2.24) is 9.97 Å². The van der Waals surface area contributed by atoms with E-state index in [0.29, 0.717) is 6.42 Å². The molecule has 0 bridgehead atoms. The maximum atomic E-state index is 13.1. The molecule has 0 unspecified atom stereocenters. The van der Waals surface area contributed by atoms with Crippen molar-refractivity contribution >= 4 is 5.82 Å². The fourth-order valence-corrected chi connectivity index (χ4v) is 3.52. The molecule has 1 aromatic heterocycles. The molecule has 4 heteroatoms. The Hall–Kier alpha value is -2.75. The third kappa shape index (κ3) is 3.32. The van der Waals surface area contributed by atoms with Crippen LogP contribution >= 0.6 is 0 Å². The molecule has 2 aromatic carbocycles. The Morgan fingerprint density at radius 2 is 1.69 bits per heavy atom. The monoisotopic (exact) mass is 347 g/mol. The lowest BCUT2D eigenvalue weighted by Crippen LogP contribution is -2.32. The van der Waals surface area contributed by atoms with Crippen LogP contribution in [0.25, 0.3) is 0 Å². The zero-order chi connectivity index (χ0) is 18.1. The van der Waals surface area contributed by atoms with Gasteiger partial charge in [0, 0.05) is 30.8 Å². The molecule has 3 nitrogen and oxygen atoms in total. The summed E-state index contributed by atoms with van der Waals surface area (Å²) in [4.78, 5) is 11.9. The number of halogens is 1. The third-order valence-corrected chi connectivity index (χ3v) is 5.12. The second kappa shape index (κ2) is 6.87. The second-order valence-corrected chi connectivity index (χ2v) is 6.92. The van der Waals surface area contributed by atoms with E-state index in [9.17, 15) is 4.39 Å². The fraction of sp³-hybridized carbons (Fsp3) is 0.273. The predicted molar refractivity (Wildman–Crippen MR) is 102 cm³/mol. The van der Waals surface area contributed by atoms with Crippen molar-refractivity contribution in [3.63, 3.8) is 0 Å². The highest BCUT2D eigenvalue weighted by Crippen LogP contribution is 2.27. The number of hydrogen-bond donors (Lipinski definition) is 0. The van der Waals surface area contributed by atoms with Crippen LogP contribution in [-0.4, -0.2) is 16.5 Å². The van der Waals surface area contributed by atoms with E-state index in [1.165, 1.54) is 23.3 Å². The Bertz CT molecular complexity index is 935. The van der Waals surface area contributed by atoms with Crippen LogP contribution in [0.3, 0.4) is 0 Å². The SMILES string of the molecule is Cc1nc(Cc2ccc(F)cc2)nc(N2CCc3ccccc3C2)c1C. The average molecular weight is 347 g/mol. The van der Waals surface area contributed by atoms with Gasteiger partial charge in [-0.25, -0.2) is 14.4 Å². The summed E-state index contributed by atoms with van der Waals surface area (Å²) in [7, 11) is 0. The zero-order valence-corrected chi connectivity index (χ0v) is 15.2. The Labute approximate surface area is 153 Å². The number of hydrogen-bond acceptors (Lipinski definition) is 3. The Morgan fingerprint density at radius 3 is 2.46 bits per heavy atom. The molecule has 0 spiro atoms. The molecule has 0 atom stereocenters. The van der Waals surface area contributed by atoms with Gasteiger partial charge in [0.25, 0.3) is 0 Å². The van der Waals surface area contributed by atoms with E-state index in [2.05, 4.69) is 41.1 Å². The van der Waals surface area contributed by atoms with Gasteiger partial charge < -0.3 is 4.90 Å². The summed E-state index contributed by atoms with van der Waals surface area (Å²) in [6.45, 7) is 5.97. The van der Waals surface area contributed by atoms with E-state index in [4.69, 9.17) is 4.98 Å². The molecule has 2 heterocycles. The van der Waals surface area contributed by atoms with E-state index in [-0.39, 0.29) is 5.82 Å². The number of aromatic nitrogens is 2. The van der Waals surface area contributed by atoms with Gasteiger partial charge in [0.1, 0.15) is 17.5 Å². The van der Waals surface area contributed by atoms with Crippen LogP contribution in [0.2, 0.25) is 0 Å². The van der Waals surface area contributed by atoms with E-state index in [1.54, 1.807) is 12.1 Å². The van der Waals surface area contributed by atoms with Gasteiger partial charge in [-0.3, -0.25) is 0 Å². The molecule has 3 aromatic rings. The molecule has 0 radical (unpaired) electrons. The van der Waals surface area contributed by atoms with Crippen LogP contribution in [0.4, 0.5) is 10.2 Å². The van der Waals surface area contributed by atoms with Gasteiger partial charge in [0.15, 0.2) is 0 Å². The van der Waals surface area contributed by atoms with Crippen molar-refractivity contribution in [3.05, 3.63) is 88.1 Å². The van der Waals surface area contributed by atoms with Gasteiger partial charge in [-0.1, -0.05) is 36.4 Å². The minimum Gasteiger partial charge on any atom is -0.352 e. The summed E-state index contributed by atoms with van der Waals surface area (Å²) in [6, 6.07) is 15.2. The predicted octanol–water partition coefficient (Wildman–Crippen LogP) is 4.39. The van der Waals surface area contributed by atoms with Crippen molar-refractivity contribution in [2.75, 3.05) is 11.4 Å². The summed E-state index contributed by atoms with van der Waals surface area (Å²) in [5.74, 6) is 1.58. The highest BCUT2D eigenvalue weighted by molar-refractivity contribution is 5.51. The van der Waals surface area contributed by atoms with Gasteiger partial charge in [-0.15, -0.1) is 0 Å². The summed E-state index contributed by atoms with van der Waals surface area (Å²) in [6.07, 6.45) is 1.64. The van der Waals surface area contributed by atoms with Crippen molar-refractivity contribution in [2.24, 2.45) is 0 Å². The fourth-order valence-electron chi connectivity index (χ4n) is 3.52. The molecule has 132 valence electrons. The zero-order valence-electron chi connectivity index (χ0n) is 15.2. The lowest BCUT2D eigenvalue weighted by Gasteiger charge is -2.31. The van der Waals surface area contributed by atoms with Crippen molar-refractivity contribution in [1.29, 1.82) is 0 Å². The number of benzene rings is 2. The van der Waals surface area contributed by atoms with Crippen molar-refractivity contribution < 1.29 is 4.39 Å². The third-order valence-electron chi connectivity index (χ3n) is 5.12. The first kappa shape index (κ1) is 16.7. The first-order valence-corrected chi connectivity index (χ1v) is 9.00. The molecule has 0 saturated heterocycles. The molecule has 4 rings (SSSR count). The first-order chi connectivity index (χ1) is 12.6. The van der Waals surface area contributed by atoms with Crippen LogP contribution < -0.4 is 4.90 Å². The van der Waals surface area contributed by atoms with E-state index in [0.717, 1.165) is 48.0 Å². The van der Waals surface area contributed by atoms with E-state index >= 15 is 0 Å². The Morgan fingerprint density at radius 1 is 0.962 bits per heavy atom. The van der Waals surface area contributed by atoms with Gasteiger partial charge in [-0.2, -0.15) is 0 Å². The number of aryl methyl sites for hydroxylation is 1. The Balaban J connectivity index is 1.64. The lowest BCUT2D eigenvalue weighted by molar-refractivity contribution is 0.627. The first-order valence-electron chi connectivity index (χ1n) is 9.00. The smallest absolute Gasteiger partial charge is 0.135 e. The molecule has 0 fully saturated rings. The van der Waals surface area contributed by atoms with Crippen LogP contribution in [0.1, 0.15) is 33.8 Å². The minimum atomic E-state index is -0.220. The summed E-state index contributed by atoms with van der Waals surface area (Å²) < 4.78 is 13.1. The average Bonchev–Trinajstić information content (AvgIpc) is 2.66. The van der Waals surface area contributed by atoms with Crippen LogP contribution in [0.5, 0.6) is 0 Å². The summed E-state index contributed by atoms with van der Waals surface area (Å²) in [5, 5.41) is 0. The molecule has 0 saturated carbocycles. The normalized spacial score (nSPS) is 13.6. The molecule has 0 aliphatic carbocycles. The van der Waals surface area contributed by atoms with Crippen molar-refractivity contribution in [3.8, 4) is 0 Å². The van der Waals surface area contributed by atoms with Crippen molar-refractivity contribution in [2.45, 2.75) is 33.2 Å². The molecule has 0 N–H and O–H groups in total. The number of anilines is 1. The van der Waals surface area contributed by atoms with Crippen LogP contribution in [0.15, 0.2) is 48.5 Å². The quantitative estimate of drug-likeness (QED) is 0.704. The van der Waals surface area contributed by atoms with Crippen LogP contribution in [-0.2, 0) is 19.4 Å². The number of fused-ring (bicyclic) bond motifs is 1. The Kier molecular flexibility index (Phi) is 4.41. The highest BCUT2D eigenvalue weighted by atomic mass is 19.1. The molecule has 1 aliphatic rings. The highest BCUT2D eigenvalue weighted by Gasteiger charge is 2.20. The summed E-state index contributed by atoms with van der Waals surface area (Å²) >= 11 is 0.